The molecule has 0 saturated heterocycles. The molecule has 0 bridgehead atoms. The van der Waals surface area contributed by atoms with Crippen molar-refractivity contribution in [3.8, 4) is 11.8 Å². The molecule has 0 heterocycles. The van der Waals surface area contributed by atoms with E-state index < -0.39 is 40.7 Å². The summed E-state index contributed by atoms with van der Waals surface area (Å²) < 4.78 is 98.3. The first-order chi connectivity index (χ1) is 15.6. The fourth-order valence-corrected chi connectivity index (χ4v) is 2.72. The van der Waals surface area contributed by atoms with Crippen molar-refractivity contribution in [1.82, 2.24) is 0 Å². The van der Waals surface area contributed by atoms with Gasteiger partial charge in [-0.05, 0) is 35.9 Å². The maximum atomic E-state index is 13.8. The zero-order chi connectivity index (χ0) is 24.2. The summed E-state index contributed by atoms with van der Waals surface area (Å²) in [5.74, 6) is -9.27. The van der Waals surface area contributed by atoms with Crippen LogP contribution < -0.4 is 10.2 Å². The van der Waals surface area contributed by atoms with Gasteiger partial charge in [-0.2, -0.15) is 23.5 Å². The molecule has 3 aromatic carbocycles. The summed E-state index contributed by atoms with van der Waals surface area (Å²) in [6.45, 7) is 0.127. The Hall–Kier alpha value is -4.07. The second-order valence-corrected chi connectivity index (χ2v) is 6.50. The highest BCUT2D eigenvalue weighted by atomic mass is 19.4. The number of benzene rings is 3. The molecule has 0 aliphatic rings. The van der Waals surface area contributed by atoms with Crippen molar-refractivity contribution in [2.24, 2.45) is 5.10 Å². The number of nitriles is 1. The van der Waals surface area contributed by atoms with Crippen molar-refractivity contribution in [3.05, 3.63) is 94.1 Å². The minimum absolute atomic E-state index is 0.127. The molecule has 0 unspecified atom stereocenters. The lowest BCUT2D eigenvalue weighted by atomic mass is 10.1. The van der Waals surface area contributed by atoms with Gasteiger partial charge in [0.1, 0.15) is 23.6 Å². The Morgan fingerprint density at radius 1 is 0.909 bits per heavy atom. The molecule has 33 heavy (non-hydrogen) atoms. The summed E-state index contributed by atoms with van der Waals surface area (Å²) in [4.78, 5) is 0. The Bertz CT molecular complexity index is 1200. The van der Waals surface area contributed by atoms with Crippen molar-refractivity contribution in [3.63, 3.8) is 0 Å². The predicted molar refractivity (Wildman–Crippen MR) is 104 cm³/mol. The maximum absolute atomic E-state index is 13.8. The molecule has 3 rings (SSSR count). The van der Waals surface area contributed by atoms with Crippen molar-refractivity contribution in [2.45, 2.75) is 12.8 Å². The zero-order valence-electron chi connectivity index (χ0n) is 16.4. The Kier molecular flexibility index (Phi) is 6.86. The van der Waals surface area contributed by atoms with E-state index in [0.29, 0.717) is 22.4 Å². The summed E-state index contributed by atoms with van der Waals surface area (Å²) in [7, 11) is 0. The standard InChI is InChI=1S/C22H12F7N3O/c23-17-16(22(27,28)29)18(24)20(26)21(19(17)25)32-31-10-12-5-7-15(8-6-12)33-11-14-4-2-1-3-13(14)9-30/h1-8,10,32H,11H2/b31-10+. The second-order valence-electron chi connectivity index (χ2n) is 6.50. The average molecular weight is 467 g/mol. The fraction of sp³-hybridized carbons (Fsp3) is 0.0909. The third-order valence-corrected chi connectivity index (χ3v) is 4.35. The normalized spacial score (nSPS) is 11.5. The first-order valence-electron chi connectivity index (χ1n) is 9.06. The lowest BCUT2D eigenvalue weighted by molar-refractivity contribution is -0.143. The molecular formula is C22H12F7N3O. The highest BCUT2D eigenvalue weighted by molar-refractivity contribution is 5.80. The van der Waals surface area contributed by atoms with Gasteiger partial charge in [-0.3, -0.25) is 5.43 Å². The van der Waals surface area contributed by atoms with Crippen LogP contribution in [0.2, 0.25) is 0 Å². The molecule has 0 spiro atoms. The van der Waals surface area contributed by atoms with Gasteiger partial charge < -0.3 is 4.74 Å². The SMILES string of the molecule is N#Cc1ccccc1COc1ccc(/C=N/Nc2c(F)c(F)c(C(F)(F)F)c(F)c2F)cc1. The molecule has 170 valence electrons. The van der Waals surface area contributed by atoms with Crippen LogP contribution in [0, 0.1) is 34.6 Å². The zero-order valence-corrected chi connectivity index (χ0v) is 16.4. The van der Waals surface area contributed by atoms with Gasteiger partial charge in [0.25, 0.3) is 0 Å². The Morgan fingerprint density at radius 3 is 2.09 bits per heavy atom. The number of nitrogens with zero attached hydrogens (tertiary/aromatic N) is 2. The van der Waals surface area contributed by atoms with Gasteiger partial charge in [0.15, 0.2) is 23.3 Å². The highest BCUT2D eigenvalue weighted by Crippen LogP contribution is 2.38. The van der Waals surface area contributed by atoms with Gasteiger partial charge in [0.05, 0.1) is 17.8 Å². The van der Waals surface area contributed by atoms with Crippen LogP contribution in [0.3, 0.4) is 0 Å². The molecule has 0 fully saturated rings. The maximum Gasteiger partial charge on any atom is 0.422 e. The molecule has 4 nitrogen and oxygen atoms in total. The predicted octanol–water partition coefficient (Wildman–Crippen LogP) is 6.16. The number of rotatable bonds is 6. The van der Waals surface area contributed by atoms with E-state index in [4.69, 9.17) is 10.00 Å². The quantitative estimate of drug-likeness (QED) is 0.205. The number of alkyl halides is 3. The lowest BCUT2D eigenvalue weighted by Gasteiger charge is -2.13. The Morgan fingerprint density at radius 2 is 1.52 bits per heavy atom. The third kappa shape index (κ3) is 5.23. The van der Waals surface area contributed by atoms with Crippen LogP contribution in [0.25, 0.3) is 0 Å². The second kappa shape index (κ2) is 9.60. The number of hydrogen-bond donors (Lipinski definition) is 1. The smallest absolute Gasteiger partial charge is 0.422 e. The van der Waals surface area contributed by atoms with Crippen LogP contribution in [0.4, 0.5) is 36.4 Å². The van der Waals surface area contributed by atoms with E-state index in [2.05, 4.69) is 5.10 Å². The number of ether oxygens (including phenoxy) is 1. The number of hydrazone groups is 1. The molecule has 0 aliphatic heterocycles. The largest absolute Gasteiger partial charge is 0.489 e. The summed E-state index contributed by atoms with van der Waals surface area (Å²) in [6, 6.07) is 14.9. The van der Waals surface area contributed by atoms with E-state index in [-0.39, 0.29) is 6.61 Å². The molecule has 0 atom stereocenters. The molecule has 11 heteroatoms. The van der Waals surface area contributed by atoms with Crippen LogP contribution in [-0.4, -0.2) is 6.21 Å². The number of hydrogen-bond acceptors (Lipinski definition) is 4. The van der Waals surface area contributed by atoms with E-state index in [0.717, 1.165) is 6.21 Å². The Balaban J connectivity index is 1.70. The summed E-state index contributed by atoms with van der Waals surface area (Å²) in [5, 5.41) is 12.5. The van der Waals surface area contributed by atoms with Crippen molar-refractivity contribution < 1.29 is 35.5 Å². The van der Waals surface area contributed by atoms with E-state index in [9.17, 15) is 30.7 Å². The van der Waals surface area contributed by atoms with Crippen molar-refractivity contribution in [1.29, 1.82) is 5.26 Å². The minimum atomic E-state index is -5.63. The molecule has 3 aromatic rings. The lowest BCUT2D eigenvalue weighted by Crippen LogP contribution is -2.16. The Labute approximate surface area is 182 Å². The van der Waals surface area contributed by atoms with Gasteiger partial charge in [0.2, 0.25) is 0 Å². The molecule has 0 saturated carbocycles. The summed E-state index contributed by atoms with van der Waals surface area (Å²) in [5.41, 5.74) is -1.00. The van der Waals surface area contributed by atoms with E-state index in [1.807, 2.05) is 6.07 Å². The van der Waals surface area contributed by atoms with Crippen LogP contribution in [-0.2, 0) is 12.8 Å². The number of halogens is 7. The fourth-order valence-electron chi connectivity index (χ4n) is 2.72. The van der Waals surface area contributed by atoms with E-state index in [1.54, 1.807) is 29.7 Å². The topological polar surface area (TPSA) is 57.4 Å². The first kappa shape index (κ1) is 23.6. The average Bonchev–Trinajstić information content (AvgIpc) is 2.79. The van der Waals surface area contributed by atoms with Crippen LogP contribution >= 0.6 is 0 Å². The molecule has 0 radical (unpaired) electrons. The first-order valence-corrected chi connectivity index (χ1v) is 9.06. The van der Waals surface area contributed by atoms with Crippen LogP contribution in [0.5, 0.6) is 5.75 Å². The summed E-state index contributed by atoms with van der Waals surface area (Å²) >= 11 is 0. The van der Waals surface area contributed by atoms with E-state index >= 15 is 0 Å². The van der Waals surface area contributed by atoms with E-state index in [1.165, 1.54) is 24.3 Å². The summed E-state index contributed by atoms with van der Waals surface area (Å²) in [6.07, 6.45) is -4.61. The molecule has 0 amide bonds. The van der Waals surface area contributed by atoms with Crippen molar-refractivity contribution >= 4 is 11.9 Å². The number of anilines is 1. The molecular weight excluding hydrogens is 455 g/mol. The molecule has 0 aliphatic carbocycles. The third-order valence-electron chi connectivity index (χ3n) is 4.35. The van der Waals surface area contributed by atoms with Gasteiger partial charge in [-0.1, -0.05) is 18.2 Å². The number of nitrogens with one attached hydrogen (secondary N) is 1. The minimum Gasteiger partial charge on any atom is -0.489 e. The molecule has 0 aromatic heterocycles. The highest BCUT2D eigenvalue weighted by Gasteiger charge is 2.42. The van der Waals surface area contributed by atoms with Crippen molar-refractivity contribution in [2.75, 3.05) is 5.43 Å². The van der Waals surface area contributed by atoms with Gasteiger partial charge in [-0.25, -0.2) is 17.6 Å². The molecule has 1 N–H and O–H groups in total. The van der Waals surface area contributed by atoms with Gasteiger partial charge in [-0.15, -0.1) is 0 Å². The van der Waals surface area contributed by atoms with Crippen LogP contribution in [0.15, 0.2) is 53.6 Å². The van der Waals surface area contributed by atoms with Gasteiger partial charge in [0, 0.05) is 5.56 Å². The monoisotopic (exact) mass is 467 g/mol. The van der Waals surface area contributed by atoms with Crippen LogP contribution in [0.1, 0.15) is 22.3 Å². The van der Waals surface area contributed by atoms with Gasteiger partial charge >= 0.3 is 6.18 Å².